The first-order valence-electron chi connectivity index (χ1n) is 10.3. The summed E-state index contributed by atoms with van der Waals surface area (Å²) in [5.41, 5.74) is 3.27. The van der Waals surface area contributed by atoms with Crippen LogP contribution in [0.1, 0.15) is 54.3 Å². The van der Waals surface area contributed by atoms with Gasteiger partial charge in [-0.3, -0.25) is 4.79 Å². The average Bonchev–Trinajstić information content (AvgIpc) is 3.29. The number of rotatable bonds is 6. The molecular formula is C26H27NO. The highest BCUT2D eigenvalue weighted by molar-refractivity contribution is 5.87. The molecule has 1 fully saturated rings. The van der Waals surface area contributed by atoms with E-state index in [4.69, 9.17) is 0 Å². The van der Waals surface area contributed by atoms with E-state index >= 15 is 0 Å². The molecule has 0 heterocycles. The van der Waals surface area contributed by atoms with Gasteiger partial charge in [-0.05, 0) is 35.4 Å². The molecule has 1 N–H and O–H groups in total. The van der Waals surface area contributed by atoms with Gasteiger partial charge in [-0.25, -0.2) is 0 Å². The van der Waals surface area contributed by atoms with Crippen molar-refractivity contribution in [3.8, 4) is 0 Å². The molecule has 1 aliphatic rings. The SMILES string of the molecule is O=C(N[C@H](c1ccccc1)C1CCCC1)C(c1ccccc1)c1ccccc1. The highest BCUT2D eigenvalue weighted by Gasteiger charge is 2.31. The molecule has 3 aromatic carbocycles. The fourth-order valence-corrected chi connectivity index (χ4v) is 4.45. The number of benzene rings is 3. The van der Waals surface area contributed by atoms with Crippen molar-refractivity contribution in [2.75, 3.05) is 0 Å². The van der Waals surface area contributed by atoms with Gasteiger partial charge in [0.1, 0.15) is 0 Å². The van der Waals surface area contributed by atoms with E-state index in [9.17, 15) is 4.79 Å². The summed E-state index contributed by atoms with van der Waals surface area (Å²) in [7, 11) is 0. The zero-order valence-corrected chi connectivity index (χ0v) is 16.1. The predicted molar refractivity (Wildman–Crippen MR) is 114 cm³/mol. The summed E-state index contributed by atoms with van der Waals surface area (Å²) in [6, 6.07) is 30.7. The molecule has 2 heteroatoms. The molecule has 0 spiro atoms. The van der Waals surface area contributed by atoms with Gasteiger partial charge in [0.2, 0.25) is 5.91 Å². The van der Waals surface area contributed by atoms with Crippen molar-refractivity contribution < 1.29 is 4.79 Å². The van der Waals surface area contributed by atoms with Gasteiger partial charge >= 0.3 is 0 Å². The molecule has 0 radical (unpaired) electrons. The number of nitrogens with one attached hydrogen (secondary N) is 1. The monoisotopic (exact) mass is 369 g/mol. The molecule has 142 valence electrons. The molecule has 4 rings (SSSR count). The Bertz CT molecular complexity index is 831. The molecule has 0 saturated heterocycles. The Labute approximate surface area is 167 Å². The number of carbonyl (C=O) groups excluding carboxylic acids is 1. The van der Waals surface area contributed by atoms with Crippen LogP contribution in [-0.2, 0) is 4.79 Å². The van der Waals surface area contributed by atoms with Crippen molar-refractivity contribution in [1.29, 1.82) is 0 Å². The minimum Gasteiger partial charge on any atom is -0.348 e. The first-order valence-corrected chi connectivity index (χ1v) is 10.3. The van der Waals surface area contributed by atoms with Crippen molar-refractivity contribution in [3.63, 3.8) is 0 Å². The maximum Gasteiger partial charge on any atom is 0.232 e. The van der Waals surface area contributed by atoms with E-state index in [-0.39, 0.29) is 17.9 Å². The van der Waals surface area contributed by atoms with Crippen molar-refractivity contribution in [3.05, 3.63) is 108 Å². The zero-order chi connectivity index (χ0) is 19.2. The van der Waals surface area contributed by atoms with Gasteiger partial charge in [-0.1, -0.05) is 104 Å². The summed E-state index contributed by atoms with van der Waals surface area (Å²) >= 11 is 0. The molecule has 0 unspecified atom stereocenters. The molecule has 2 nitrogen and oxygen atoms in total. The Morgan fingerprint density at radius 3 is 1.57 bits per heavy atom. The van der Waals surface area contributed by atoms with Crippen LogP contribution in [0.25, 0.3) is 0 Å². The Balaban J connectivity index is 1.65. The standard InChI is InChI=1S/C26H27NO/c28-26(24(20-12-4-1-5-13-20)21-14-6-2-7-15-21)27-25(23-18-10-11-19-23)22-16-8-3-9-17-22/h1-9,12-17,23-25H,10-11,18-19H2,(H,27,28)/t25-/m1/s1. The molecule has 1 aliphatic carbocycles. The summed E-state index contributed by atoms with van der Waals surface area (Å²) in [5.74, 6) is 0.298. The lowest BCUT2D eigenvalue weighted by molar-refractivity contribution is -0.122. The van der Waals surface area contributed by atoms with Crippen LogP contribution in [0.4, 0.5) is 0 Å². The minimum absolute atomic E-state index is 0.0751. The number of amides is 1. The lowest BCUT2D eigenvalue weighted by Gasteiger charge is -2.28. The summed E-state index contributed by atoms with van der Waals surface area (Å²) in [4.78, 5) is 13.6. The van der Waals surface area contributed by atoms with Crippen LogP contribution in [0.3, 0.4) is 0 Å². The van der Waals surface area contributed by atoms with Crippen molar-refractivity contribution in [2.24, 2.45) is 5.92 Å². The normalized spacial score (nSPS) is 15.5. The Morgan fingerprint density at radius 1 is 0.679 bits per heavy atom. The molecular weight excluding hydrogens is 342 g/mol. The average molecular weight is 370 g/mol. The zero-order valence-electron chi connectivity index (χ0n) is 16.1. The third-order valence-corrected chi connectivity index (χ3v) is 5.86. The number of carbonyl (C=O) groups is 1. The first-order chi connectivity index (χ1) is 13.8. The fourth-order valence-electron chi connectivity index (χ4n) is 4.45. The fraction of sp³-hybridized carbons (Fsp3) is 0.269. The highest BCUT2D eigenvalue weighted by atomic mass is 16.2. The minimum atomic E-state index is -0.296. The van der Waals surface area contributed by atoms with E-state index in [0.29, 0.717) is 5.92 Å². The third-order valence-electron chi connectivity index (χ3n) is 5.86. The summed E-state index contributed by atoms with van der Waals surface area (Å²) in [6.07, 6.45) is 4.87. The van der Waals surface area contributed by atoms with E-state index in [1.807, 2.05) is 66.7 Å². The molecule has 1 atom stereocenters. The van der Waals surface area contributed by atoms with Gasteiger partial charge in [0.05, 0.1) is 12.0 Å². The third kappa shape index (κ3) is 4.17. The van der Waals surface area contributed by atoms with E-state index < -0.39 is 0 Å². The van der Waals surface area contributed by atoms with E-state index in [1.165, 1.54) is 31.2 Å². The molecule has 0 aromatic heterocycles. The van der Waals surface area contributed by atoms with Crippen LogP contribution < -0.4 is 5.32 Å². The maximum atomic E-state index is 13.6. The molecule has 1 amide bonds. The second-order valence-electron chi connectivity index (χ2n) is 7.70. The van der Waals surface area contributed by atoms with Crippen LogP contribution >= 0.6 is 0 Å². The number of hydrogen-bond acceptors (Lipinski definition) is 1. The van der Waals surface area contributed by atoms with Crippen LogP contribution in [0.2, 0.25) is 0 Å². The summed E-state index contributed by atoms with van der Waals surface area (Å²) in [5, 5.41) is 3.43. The van der Waals surface area contributed by atoms with Gasteiger partial charge < -0.3 is 5.32 Å². The summed E-state index contributed by atoms with van der Waals surface area (Å²) in [6.45, 7) is 0. The smallest absolute Gasteiger partial charge is 0.232 e. The van der Waals surface area contributed by atoms with Gasteiger partial charge in [0.25, 0.3) is 0 Å². The van der Waals surface area contributed by atoms with Gasteiger partial charge in [0, 0.05) is 0 Å². The van der Waals surface area contributed by atoms with Crippen molar-refractivity contribution >= 4 is 5.91 Å². The quantitative estimate of drug-likeness (QED) is 0.579. The van der Waals surface area contributed by atoms with Crippen molar-refractivity contribution in [2.45, 2.75) is 37.6 Å². The van der Waals surface area contributed by atoms with Gasteiger partial charge in [0.15, 0.2) is 0 Å². The number of hydrogen-bond donors (Lipinski definition) is 1. The van der Waals surface area contributed by atoms with Crippen LogP contribution in [0.15, 0.2) is 91.0 Å². The first kappa shape index (κ1) is 18.5. The van der Waals surface area contributed by atoms with Gasteiger partial charge in [-0.15, -0.1) is 0 Å². The Morgan fingerprint density at radius 2 is 1.11 bits per heavy atom. The van der Waals surface area contributed by atoms with Gasteiger partial charge in [-0.2, -0.15) is 0 Å². The molecule has 28 heavy (non-hydrogen) atoms. The molecule has 1 saturated carbocycles. The lowest BCUT2D eigenvalue weighted by Crippen LogP contribution is -2.36. The highest BCUT2D eigenvalue weighted by Crippen LogP contribution is 2.36. The Kier molecular flexibility index (Phi) is 5.86. The van der Waals surface area contributed by atoms with Crippen LogP contribution in [-0.4, -0.2) is 5.91 Å². The second-order valence-corrected chi connectivity index (χ2v) is 7.70. The largest absolute Gasteiger partial charge is 0.348 e. The van der Waals surface area contributed by atoms with Crippen LogP contribution in [0, 0.1) is 5.92 Å². The Hall–Kier alpha value is -2.87. The summed E-state index contributed by atoms with van der Waals surface area (Å²) < 4.78 is 0. The van der Waals surface area contributed by atoms with Crippen molar-refractivity contribution in [1.82, 2.24) is 5.32 Å². The molecule has 3 aromatic rings. The second kappa shape index (κ2) is 8.88. The van der Waals surface area contributed by atoms with E-state index in [1.54, 1.807) is 0 Å². The predicted octanol–water partition coefficient (Wildman–Crippen LogP) is 5.87. The van der Waals surface area contributed by atoms with Crippen LogP contribution in [0.5, 0.6) is 0 Å². The maximum absolute atomic E-state index is 13.6. The molecule has 0 aliphatic heterocycles. The topological polar surface area (TPSA) is 29.1 Å². The van der Waals surface area contributed by atoms with E-state index in [0.717, 1.165) is 11.1 Å². The lowest BCUT2D eigenvalue weighted by atomic mass is 9.87. The van der Waals surface area contributed by atoms with E-state index in [2.05, 4.69) is 29.6 Å². The molecule has 0 bridgehead atoms.